The van der Waals surface area contributed by atoms with Gasteiger partial charge in [0, 0.05) is 13.1 Å². The highest BCUT2D eigenvalue weighted by molar-refractivity contribution is 5.78. The zero-order valence-corrected chi connectivity index (χ0v) is 12.9. The molecule has 20 heavy (non-hydrogen) atoms. The van der Waals surface area contributed by atoms with E-state index in [1.54, 1.807) is 0 Å². The standard InChI is InChI=1S/C15H28N2O3/c1-4-15(5-2,12(18)19)11-17-13(20)16-10-14(3)8-6-7-9-14/h4-11H2,1-3H3,(H,18,19)(H2,16,17,20). The highest BCUT2D eigenvalue weighted by atomic mass is 16.4. The fourth-order valence-electron chi connectivity index (χ4n) is 2.89. The number of hydrogen-bond donors (Lipinski definition) is 3. The second-order valence-electron chi connectivity index (χ2n) is 6.35. The van der Waals surface area contributed by atoms with Gasteiger partial charge in [0.1, 0.15) is 0 Å². The van der Waals surface area contributed by atoms with Crippen LogP contribution in [0.15, 0.2) is 0 Å². The first kappa shape index (κ1) is 16.8. The van der Waals surface area contributed by atoms with Crippen molar-refractivity contribution in [2.45, 2.75) is 59.3 Å². The Labute approximate surface area is 121 Å². The van der Waals surface area contributed by atoms with Gasteiger partial charge in [-0.3, -0.25) is 4.79 Å². The summed E-state index contributed by atoms with van der Waals surface area (Å²) in [4.78, 5) is 23.2. The van der Waals surface area contributed by atoms with Gasteiger partial charge in [0.2, 0.25) is 0 Å². The van der Waals surface area contributed by atoms with E-state index in [1.165, 1.54) is 12.8 Å². The number of aliphatic carboxylic acids is 1. The molecule has 1 aliphatic rings. The third kappa shape index (κ3) is 4.12. The minimum Gasteiger partial charge on any atom is -0.481 e. The van der Waals surface area contributed by atoms with Gasteiger partial charge in [-0.25, -0.2) is 4.79 Å². The lowest BCUT2D eigenvalue weighted by molar-refractivity contribution is -0.149. The number of hydrogen-bond acceptors (Lipinski definition) is 2. The molecule has 0 aromatic carbocycles. The van der Waals surface area contributed by atoms with Gasteiger partial charge >= 0.3 is 12.0 Å². The van der Waals surface area contributed by atoms with E-state index in [4.69, 9.17) is 0 Å². The number of carbonyl (C=O) groups is 2. The Morgan fingerprint density at radius 3 is 2.15 bits per heavy atom. The molecule has 1 aliphatic carbocycles. The van der Waals surface area contributed by atoms with E-state index in [2.05, 4.69) is 17.6 Å². The third-order valence-corrected chi connectivity index (χ3v) is 4.88. The molecule has 5 nitrogen and oxygen atoms in total. The molecule has 1 rings (SSSR count). The molecule has 0 atom stereocenters. The van der Waals surface area contributed by atoms with Gasteiger partial charge in [-0.15, -0.1) is 0 Å². The molecule has 0 aromatic rings. The van der Waals surface area contributed by atoms with Crippen LogP contribution in [0.5, 0.6) is 0 Å². The van der Waals surface area contributed by atoms with E-state index < -0.39 is 11.4 Å². The molecule has 0 heterocycles. The lowest BCUT2D eigenvalue weighted by atomic mass is 9.82. The Balaban J connectivity index is 2.40. The van der Waals surface area contributed by atoms with Crippen molar-refractivity contribution in [1.82, 2.24) is 10.6 Å². The molecule has 0 radical (unpaired) electrons. The fraction of sp³-hybridized carbons (Fsp3) is 0.867. The average Bonchev–Trinajstić information content (AvgIpc) is 2.85. The van der Waals surface area contributed by atoms with Crippen molar-refractivity contribution >= 4 is 12.0 Å². The minimum absolute atomic E-state index is 0.178. The van der Waals surface area contributed by atoms with Gasteiger partial charge in [0.15, 0.2) is 0 Å². The van der Waals surface area contributed by atoms with Gasteiger partial charge in [0.05, 0.1) is 5.41 Å². The van der Waals surface area contributed by atoms with Crippen LogP contribution in [-0.2, 0) is 4.79 Å². The van der Waals surface area contributed by atoms with Gasteiger partial charge in [-0.2, -0.15) is 0 Å². The van der Waals surface area contributed by atoms with Crippen LogP contribution in [-0.4, -0.2) is 30.2 Å². The number of carboxylic acids is 1. The van der Waals surface area contributed by atoms with Gasteiger partial charge < -0.3 is 15.7 Å². The molecule has 1 fully saturated rings. The van der Waals surface area contributed by atoms with Crippen LogP contribution in [0.2, 0.25) is 0 Å². The molecule has 0 unspecified atom stereocenters. The highest BCUT2D eigenvalue weighted by Crippen LogP contribution is 2.36. The maximum atomic E-state index is 11.8. The minimum atomic E-state index is -0.853. The largest absolute Gasteiger partial charge is 0.481 e. The molecular formula is C15H28N2O3. The molecule has 5 heteroatoms. The van der Waals surface area contributed by atoms with Crippen LogP contribution >= 0.6 is 0 Å². The first-order valence-corrected chi connectivity index (χ1v) is 7.62. The zero-order chi connectivity index (χ0) is 15.2. The zero-order valence-electron chi connectivity index (χ0n) is 12.9. The predicted octanol–water partition coefficient (Wildman–Crippen LogP) is 2.76. The van der Waals surface area contributed by atoms with Crippen LogP contribution in [0.4, 0.5) is 4.79 Å². The molecular weight excluding hydrogens is 256 g/mol. The van der Waals surface area contributed by atoms with Crippen molar-refractivity contribution in [1.29, 1.82) is 0 Å². The Kier molecular flexibility index (Phi) is 5.84. The van der Waals surface area contributed by atoms with Crippen molar-refractivity contribution in [2.24, 2.45) is 10.8 Å². The summed E-state index contributed by atoms with van der Waals surface area (Å²) < 4.78 is 0. The summed E-state index contributed by atoms with van der Waals surface area (Å²) in [5.74, 6) is -0.842. The number of carbonyl (C=O) groups excluding carboxylic acids is 1. The van der Waals surface area contributed by atoms with Crippen LogP contribution in [0.25, 0.3) is 0 Å². The number of carboxylic acid groups (broad SMARTS) is 1. The van der Waals surface area contributed by atoms with Crippen LogP contribution in [0, 0.1) is 10.8 Å². The second-order valence-corrected chi connectivity index (χ2v) is 6.35. The van der Waals surface area contributed by atoms with E-state index in [0.717, 1.165) is 12.8 Å². The molecule has 0 aromatic heterocycles. The highest BCUT2D eigenvalue weighted by Gasteiger charge is 2.35. The summed E-state index contributed by atoms with van der Waals surface area (Å²) in [5, 5.41) is 14.9. The summed E-state index contributed by atoms with van der Waals surface area (Å²) in [6.45, 7) is 6.72. The lowest BCUT2D eigenvalue weighted by Gasteiger charge is -2.28. The molecule has 116 valence electrons. The molecule has 1 saturated carbocycles. The van der Waals surface area contributed by atoms with Gasteiger partial charge in [-0.05, 0) is 31.1 Å². The lowest BCUT2D eigenvalue weighted by Crippen LogP contribution is -2.47. The summed E-state index contributed by atoms with van der Waals surface area (Å²) in [6.07, 6.45) is 5.78. The second kappa shape index (κ2) is 6.95. The van der Waals surface area contributed by atoms with Crippen molar-refractivity contribution in [3.8, 4) is 0 Å². The number of nitrogens with one attached hydrogen (secondary N) is 2. The van der Waals surface area contributed by atoms with Crippen molar-refractivity contribution in [3.05, 3.63) is 0 Å². The third-order valence-electron chi connectivity index (χ3n) is 4.88. The Morgan fingerprint density at radius 1 is 1.15 bits per heavy atom. The SMILES string of the molecule is CCC(CC)(CNC(=O)NCC1(C)CCCC1)C(=O)O. The van der Waals surface area contributed by atoms with Crippen molar-refractivity contribution < 1.29 is 14.7 Å². The summed E-state index contributed by atoms with van der Waals surface area (Å²) in [5.41, 5.74) is -0.647. The molecule has 0 aliphatic heterocycles. The molecule has 2 amide bonds. The van der Waals surface area contributed by atoms with E-state index in [-0.39, 0.29) is 18.0 Å². The maximum Gasteiger partial charge on any atom is 0.314 e. The number of urea groups is 1. The predicted molar refractivity (Wildman–Crippen MR) is 78.6 cm³/mol. The monoisotopic (exact) mass is 284 g/mol. The van der Waals surface area contributed by atoms with Gasteiger partial charge in [-0.1, -0.05) is 33.6 Å². The normalized spacial score (nSPS) is 17.8. The Morgan fingerprint density at radius 2 is 1.70 bits per heavy atom. The number of rotatable bonds is 7. The van der Waals surface area contributed by atoms with E-state index in [0.29, 0.717) is 19.4 Å². The van der Waals surface area contributed by atoms with Crippen LogP contribution < -0.4 is 10.6 Å². The molecule has 0 bridgehead atoms. The van der Waals surface area contributed by atoms with Crippen molar-refractivity contribution in [2.75, 3.05) is 13.1 Å². The first-order valence-electron chi connectivity index (χ1n) is 7.62. The van der Waals surface area contributed by atoms with Crippen LogP contribution in [0.3, 0.4) is 0 Å². The van der Waals surface area contributed by atoms with E-state index >= 15 is 0 Å². The fourth-order valence-corrected chi connectivity index (χ4v) is 2.89. The van der Waals surface area contributed by atoms with Gasteiger partial charge in [0.25, 0.3) is 0 Å². The van der Waals surface area contributed by atoms with Crippen LogP contribution in [0.1, 0.15) is 59.3 Å². The molecule has 0 saturated heterocycles. The number of amides is 2. The quantitative estimate of drug-likeness (QED) is 0.672. The summed E-state index contributed by atoms with van der Waals surface area (Å²) in [6, 6.07) is -0.259. The first-order chi connectivity index (χ1) is 9.37. The van der Waals surface area contributed by atoms with Crippen molar-refractivity contribution in [3.63, 3.8) is 0 Å². The Bertz CT molecular complexity index is 345. The summed E-state index contributed by atoms with van der Waals surface area (Å²) in [7, 11) is 0. The molecule has 3 N–H and O–H groups in total. The molecule has 0 spiro atoms. The maximum absolute atomic E-state index is 11.8. The average molecular weight is 284 g/mol. The topological polar surface area (TPSA) is 78.4 Å². The Hall–Kier alpha value is -1.26. The van der Waals surface area contributed by atoms with E-state index in [9.17, 15) is 14.7 Å². The smallest absolute Gasteiger partial charge is 0.314 e. The summed E-state index contributed by atoms with van der Waals surface area (Å²) >= 11 is 0. The van der Waals surface area contributed by atoms with E-state index in [1.807, 2.05) is 13.8 Å².